The van der Waals surface area contributed by atoms with E-state index in [2.05, 4.69) is 10.1 Å². The van der Waals surface area contributed by atoms with Gasteiger partial charge in [0.2, 0.25) is 0 Å². The maximum Gasteiger partial charge on any atom is 0.276 e. The van der Waals surface area contributed by atoms with E-state index in [0.29, 0.717) is 39.9 Å². The van der Waals surface area contributed by atoms with Gasteiger partial charge >= 0.3 is 0 Å². The van der Waals surface area contributed by atoms with Gasteiger partial charge in [0.1, 0.15) is 16.9 Å². The van der Waals surface area contributed by atoms with E-state index in [4.69, 9.17) is 16.3 Å². The van der Waals surface area contributed by atoms with E-state index in [0.717, 1.165) is 5.56 Å². The Kier molecular flexibility index (Phi) is 4.99. The van der Waals surface area contributed by atoms with E-state index < -0.39 is 0 Å². The second-order valence-electron chi connectivity index (χ2n) is 7.18. The van der Waals surface area contributed by atoms with Crippen LogP contribution in [0.5, 0.6) is 5.75 Å². The molecule has 0 atom stereocenters. The Labute approximate surface area is 186 Å². The zero-order valence-electron chi connectivity index (χ0n) is 17.1. The Bertz CT molecular complexity index is 1580. The summed E-state index contributed by atoms with van der Waals surface area (Å²) in [6, 6.07) is 13.9. The van der Waals surface area contributed by atoms with Crippen molar-refractivity contribution in [2.24, 2.45) is 0 Å². The smallest absolute Gasteiger partial charge is 0.276 e. The Hall–Kier alpha value is -3.91. The van der Waals surface area contributed by atoms with Crippen molar-refractivity contribution in [2.45, 2.75) is 13.5 Å². The third kappa shape index (κ3) is 3.54. The Morgan fingerprint density at radius 1 is 1.03 bits per heavy atom. The van der Waals surface area contributed by atoms with Crippen LogP contribution in [-0.2, 0) is 6.54 Å². The number of ether oxygens (including phenoxy) is 1. The van der Waals surface area contributed by atoms with Crippen molar-refractivity contribution in [1.82, 2.24) is 23.6 Å². The van der Waals surface area contributed by atoms with Gasteiger partial charge in [-0.25, -0.2) is 9.50 Å². The van der Waals surface area contributed by atoms with E-state index in [1.165, 1.54) is 19.5 Å². The molecule has 5 rings (SSSR count). The van der Waals surface area contributed by atoms with E-state index in [9.17, 15) is 9.59 Å². The highest BCUT2D eigenvalue weighted by molar-refractivity contribution is 6.32. The average molecular weight is 448 g/mol. The molecule has 1 aromatic carbocycles. The molecule has 0 amide bonds. The number of halogens is 1. The van der Waals surface area contributed by atoms with Crippen LogP contribution in [0.3, 0.4) is 0 Å². The number of benzene rings is 1. The number of hydrogen-bond acceptors (Lipinski definition) is 5. The monoisotopic (exact) mass is 447 g/mol. The van der Waals surface area contributed by atoms with Crippen molar-refractivity contribution < 1.29 is 4.74 Å². The molecular formula is C23H18ClN5O3. The first-order valence-electron chi connectivity index (χ1n) is 10.0. The first-order chi connectivity index (χ1) is 15.5. The van der Waals surface area contributed by atoms with Crippen molar-refractivity contribution >= 4 is 22.8 Å². The Morgan fingerprint density at radius 3 is 2.72 bits per heavy atom. The topological polar surface area (TPSA) is 82.9 Å². The van der Waals surface area contributed by atoms with Gasteiger partial charge in [-0.15, -0.1) is 0 Å². The number of aromatic nitrogens is 5. The molecule has 0 spiro atoms. The van der Waals surface area contributed by atoms with Crippen LogP contribution in [0.4, 0.5) is 0 Å². The van der Waals surface area contributed by atoms with Gasteiger partial charge < -0.3 is 9.30 Å². The van der Waals surface area contributed by atoms with Crippen LogP contribution in [0, 0.1) is 0 Å². The molecule has 0 radical (unpaired) electrons. The van der Waals surface area contributed by atoms with Crippen LogP contribution in [0.2, 0.25) is 5.02 Å². The standard InChI is InChI=1S/C23H18ClN5O3/c1-2-32-20-7-6-15(11-17(20)24)18-13-19-23(31)27(9-10-29(19)26-18)14-16-12-22(30)28-8-4-3-5-21(28)25-16/h3-13H,2,14H2,1H3. The van der Waals surface area contributed by atoms with Gasteiger partial charge in [0.15, 0.2) is 0 Å². The lowest BCUT2D eigenvalue weighted by atomic mass is 10.1. The first kappa shape index (κ1) is 20.0. The van der Waals surface area contributed by atoms with Crippen LogP contribution < -0.4 is 15.9 Å². The molecule has 0 aliphatic carbocycles. The van der Waals surface area contributed by atoms with Crippen LogP contribution in [0.25, 0.3) is 22.4 Å². The molecule has 0 aliphatic heterocycles. The number of rotatable bonds is 5. The summed E-state index contributed by atoms with van der Waals surface area (Å²) < 4.78 is 9.97. The number of hydrogen-bond donors (Lipinski definition) is 0. The average Bonchev–Trinajstić information content (AvgIpc) is 3.23. The molecule has 0 bridgehead atoms. The predicted octanol–water partition coefficient (Wildman–Crippen LogP) is 3.27. The predicted molar refractivity (Wildman–Crippen MR) is 122 cm³/mol. The normalized spacial score (nSPS) is 11.3. The third-order valence-corrected chi connectivity index (χ3v) is 5.38. The highest BCUT2D eigenvalue weighted by atomic mass is 35.5. The van der Waals surface area contributed by atoms with E-state index in [1.54, 1.807) is 48.9 Å². The summed E-state index contributed by atoms with van der Waals surface area (Å²) in [5.74, 6) is 0.600. The summed E-state index contributed by atoms with van der Waals surface area (Å²) in [4.78, 5) is 29.9. The molecule has 0 aliphatic rings. The van der Waals surface area contributed by atoms with Crippen LogP contribution >= 0.6 is 11.6 Å². The Balaban J connectivity index is 1.52. The van der Waals surface area contributed by atoms with Gasteiger partial charge in [-0.1, -0.05) is 17.7 Å². The highest BCUT2D eigenvalue weighted by Crippen LogP contribution is 2.30. The van der Waals surface area contributed by atoms with Gasteiger partial charge in [-0.05, 0) is 43.3 Å². The van der Waals surface area contributed by atoms with Gasteiger partial charge in [0.05, 0.1) is 29.6 Å². The van der Waals surface area contributed by atoms with E-state index >= 15 is 0 Å². The molecule has 8 nitrogen and oxygen atoms in total. The molecule has 0 saturated carbocycles. The lowest BCUT2D eigenvalue weighted by Crippen LogP contribution is -2.24. The number of nitrogens with zero attached hydrogens (tertiary/aromatic N) is 5. The van der Waals surface area contributed by atoms with E-state index in [1.807, 2.05) is 19.1 Å². The maximum absolute atomic E-state index is 13.1. The number of fused-ring (bicyclic) bond motifs is 2. The van der Waals surface area contributed by atoms with Crippen LogP contribution in [0.15, 0.2) is 76.7 Å². The fourth-order valence-electron chi connectivity index (χ4n) is 3.58. The highest BCUT2D eigenvalue weighted by Gasteiger charge is 2.12. The zero-order chi connectivity index (χ0) is 22.2. The minimum atomic E-state index is -0.238. The lowest BCUT2D eigenvalue weighted by Gasteiger charge is -2.07. The van der Waals surface area contributed by atoms with Gasteiger partial charge in [0, 0.05) is 30.2 Å². The first-order valence-corrected chi connectivity index (χ1v) is 10.4. The molecule has 32 heavy (non-hydrogen) atoms. The third-order valence-electron chi connectivity index (χ3n) is 5.09. The minimum absolute atomic E-state index is 0.172. The molecule has 0 unspecified atom stereocenters. The quantitative estimate of drug-likeness (QED) is 0.413. The zero-order valence-corrected chi connectivity index (χ0v) is 17.9. The van der Waals surface area contributed by atoms with Crippen LogP contribution in [-0.4, -0.2) is 30.2 Å². The lowest BCUT2D eigenvalue weighted by molar-refractivity contribution is 0.340. The van der Waals surface area contributed by atoms with Gasteiger partial charge in [-0.3, -0.25) is 14.0 Å². The second kappa shape index (κ2) is 7.97. The van der Waals surface area contributed by atoms with Crippen molar-refractivity contribution in [3.63, 3.8) is 0 Å². The fourth-order valence-corrected chi connectivity index (χ4v) is 3.82. The van der Waals surface area contributed by atoms with Crippen LogP contribution in [0.1, 0.15) is 12.6 Å². The van der Waals surface area contributed by atoms with Crippen molar-refractivity contribution in [3.8, 4) is 17.0 Å². The largest absolute Gasteiger partial charge is 0.492 e. The van der Waals surface area contributed by atoms with Crippen molar-refractivity contribution in [3.05, 3.63) is 98.5 Å². The second-order valence-corrected chi connectivity index (χ2v) is 7.59. The molecule has 0 N–H and O–H groups in total. The molecule has 0 fully saturated rings. The summed E-state index contributed by atoms with van der Waals surface area (Å²) in [6.45, 7) is 2.58. The molecule has 4 heterocycles. The number of pyridine rings is 1. The summed E-state index contributed by atoms with van der Waals surface area (Å²) in [6.07, 6.45) is 4.99. The van der Waals surface area contributed by atoms with Crippen molar-refractivity contribution in [2.75, 3.05) is 6.61 Å². The molecule has 160 valence electrons. The fraction of sp³-hybridized carbons (Fsp3) is 0.130. The maximum atomic E-state index is 13.1. The van der Waals surface area contributed by atoms with Crippen molar-refractivity contribution in [1.29, 1.82) is 0 Å². The Morgan fingerprint density at radius 2 is 1.91 bits per heavy atom. The van der Waals surface area contributed by atoms with Gasteiger partial charge in [0.25, 0.3) is 11.1 Å². The summed E-state index contributed by atoms with van der Waals surface area (Å²) in [5, 5.41) is 4.98. The molecule has 5 aromatic rings. The molecule has 9 heteroatoms. The molecule has 0 saturated heterocycles. The summed E-state index contributed by atoms with van der Waals surface area (Å²) in [7, 11) is 0. The minimum Gasteiger partial charge on any atom is -0.492 e. The SMILES string of the molecule is CCOc1ccc(-c2cc3c(=O)n(Cc4cc(=O)n5ccccc5n4)ccn3n2)cc1Cl. The molecule has 4 aromatic heterocycles. The van der Waals surface area contributed by atoms with E-state index in [-0.39, 0.29) is 17.7 Å². The molecular weight excluding hydrogens is 430 g/mol. The van der Waals surface area contributed by atoms with Gasteiger partial charge in [-0.2, -0.15) is 5.10 Å². The summed E-state index contributed by atoms with van der Waals surface area (Å²) >= 11 is 6.30. The summed E-state index contributed by atoms with van der Waals surface area (Å²) in [5.41, 5.74) is 2.40.